The lowest BCUT2D eigenvalue weighted by molar-refractivity contribution is 0.102. The number of nitrogens with one attached hydrogen (secondary N) is 3. The molecule has 0 bridgehead atoms. The van der Waals surface area contributed by atoms with Crippen LogP contribution in [0, 0.1) is 6.92 Å². The predicted octanol–water partition coefficient (Wildman–Crippen LogP) is 3.00. The Labute approximate surface area is 153 Å². The van der Waals surface area contributed by atoms with Crippen molar-refractivity contribution in [2.24, 2.45) is 0 Å². The highest BCUT2D eigenvalue weighted by atomic mass is 16.5. The van der Waals surface area contributed by atoms with E-state index in [-0.39, 0.29) is 17.6 Å². The maximum Gasteiger partial charge on any atom is 0.323 e. The maximum absolute atomic E-state index is 12.5. The van der Waals surface area contributed by atoms with E-state index in [1.807, 2.05) is 13.0 Å². The average Bonchev–Trinajstić information content (AvgIpc) is 3.04. The second-order valence-corrected chi connectivity index (χ2v) is 5.91. The van der Waals surface area contributed by atoms with E-state index in [0.29, 0.717) is 28.0 Å². The summed E-state index contributed by atoms with van der Waals surface area (Å²) in [6, 6.07) is 12.2. The Balaban J connectivity index is 1.56. The van der Waals surface area contributed by atoms with Crippen LogP contribution in [0.2, 0.25) is 0 Å². The molecule has 2 aromatic carbocycles. The Hall–Kier alpha value is -3.94. The highest BCUT2D eigenvalue weighted by Gasteiger charge is 2.11. The molecule has 0 saturated heterocycles. The van der Waals surface area contributed by atoms with E-state index in [4.69, 9.17) is 4.74 Å². The first-order valence-electron chi connectivity index (χ1n) is 8.17. The molecule has 0 spiro atoms. The number of H-pyrrole nitrogens is 2. The molecule has 8 heteroatoms. The minimum atomic E-state index is -0.314. The number of aromatic nitrogens is 4. The van der Waals surface area contributed by atoms with E-state index < -0.39 is 0 Å². The third-order valence-electron chi connectivity index (χ3n) is 3.97. The number of benzene rings is 2. The lowest BCUT2D eigenvalue weighted by Crippen LogP contribution is -2.12. The van der Waals surface area contributed by atoms with Gasteiger partial charge < -0.3 is 20.0 Å². The van der Waals surface area contributed by atoms with Gasteiger partial charge in [-0.05, 0) is 42.8 Å². The lowest BCUT2D eigenvalue weighted by Gasteiger charge is -2.10. The van der Waals surface area contributed by atoms with Gasteiger partial charge in [0.15, 0.2) is 0 Å². The van der Waals surface area contributed by atoms with Crippen molar-refractivity contribution >= 4 is 22.6 Å². The van der Waals surface area contributed by atoms with Crippen LogP contribution < -0.4 is 15.7 Å². The number of hydrogen-bond acceptors (Lipinski definition) is 5. The van der Waals surface area contributed by atoms with Crippen LogP contribution in [-0.2, 0) is 0 Å². The Morgan fingerprint density at radius 3 is 2.63 bits per heavy atom. The Bertz CT molecular complexity index is 1180. The molecular formula is C19H15N5O3. The number of nitrogens with zero attached hydrogens (tertiary/aromatic N) is 2. The topological polar surface area (TPSA) is 113 Å². The molecule has 27 heavy (non-hydrogen) atoms. The zero-order chi connectivity index (χ0) is 18.8. The highest BCUT2D eigenvalue weighted by molar-refractivity contribution is 6.06. The van der Waals surface area contributed by atoms with Crippen LogP contribution >= 0.6 is 0 Å². The second-order valence-electron chi connectivity index (χ2n) is 5.91. The first kappa shape index (κ1) is 16.5. The van der Waals surface area contributed by atoms with Crippen molar-refractivity contribution in [3.05, 3.63) is 76.5 Å². The van der Waals surface area contributed by atoms with Crippen molar-refractivity contribution in [3.8, 4) is 11.8 Å². The molecular weight excluding hydrogens is 346 g/mol. The fourth-order valence-corrected chi connectivity index (χ4v) is 2.60. The van der Waals surface area contributed by atoms with Crippen molar-refractivity contribution in [2.75, 3.05) is 5.32 Å². The van der Waals surface area contributed by atoms with Crippen LogP contribution in [0.5, 0.6) is 11.8 Å². The largest absolute Gasteiger partial charge is 0.424 e. The molecule has 0 unspecified atom stereocenters. The minimum Gasteiger partial charge on any atom is -0.424 e. The van der Waals surface area contributed by atoms with E-state index in [2.05, 4.69) is 25.3 Å². The molecule has 0 fully saturated rings. The number of hydrogen-bond donors (Lipinski definition) is 3. The summed E-state index contributed by atoms with van der Waals surface area (Å²) in [7, 11) is 0. The smallest absolute Gasteiger partial charge is 0.323 e. The number of ether oxygens (including phenoxy) is 1. The number of rotatable bonds is 4. The molecule has 4 aromatic rings. The lowest BCUT2D eigenvalue weighted by atomic mass is 10.1. The second kappa shape index (κ2) is 6.75. The molecule has 0 saturated carbocycles. The van der Waals surface area contributed by atoms with Crippen molar-refractivity contribution in [1.82, 2.24) is 19.9 Å². The van der Waals surface area contributed by atoms with E-state index in [9.17, 15) is 9.59 Å². The number of anilines is 1. The summed E-state index contributed by atoms with van der Waals surface area (Å²) >= 11 is 0. The van der Waals surface area contributed by atoms with Gasteiger partial charge in [0.1, 0.15) is 5.75 Å². The van der Waals surface area contributed by atoms with Gasteiger partial charge in [-0.2, -0.15) is 0 Å². The molecule has 1 amide bonds. The molecule has 0 atom stereocenters. The number of imidazole rings is 1. The molecule has 4 rings (SSSR count). The van der Waals surface area contributed by atoms with Gasteiger partial charge in [0, 0.05) is 29.7 Å². The molecule has 0 aliphatic carbocycles. The number of aromatic amines is 2. The maximum atomic E-state index is 12.5. The predicted molar refractivity (Wildman–Crippen MR) is 100 cm³/mol. The van der Waals surface area contributed by atoms with Crippen molar-refractivity contribution in [3.63, 3.8) is 0 Å². The summed E-state index contributed by atoms with van der Waals surface area (Å²) in [5, 5.41) is 2.82. The van der Waals surface area contributed by atoms with Gasteiger partial charge >= 0.3 is 11.7 Å². The molecule has 134 valence electrons. The van der Waals surface area contributed by atoms with E-state index in [1.54, 1.807) is 48.8 Å². The zero-order valence-corrected chi connectivity index (χ0v) is 14.3. The fraction of sp³-hybridized carbons (Fsp3) is 0.0526. The van der Waals surface area contributed by atoms with E-state index in [1.165, 1.54) is 0 Å². The summed E-state index contributed by atoms with van der Waals surface area (Å²) in [6.45, 7) is 1.89. The van der Waals surface area contributed by atoms with Crippen LogP contribution in [0.4, 0.5) is 5.69 Å². The van der Waals surface area contributed by atoms with Gasteiger partial charge in [0.2, 0.25) is 0 Å². The molecule has 2 heterocycles. The standard InChI is InChI=1S/C19H15N5O3/c1-11-3-5-13(10-16(11)27-19-20-7-2-8-21-19)22-17(25)12-4-6-14-15(9-12)24-18(26)23-14/h2-10H,1H3,(H,22,25)(H2,23,24,26). The van der Waals surface area contributed by atoms with Crippen LogP contribution in [0.15, 0.2) is 59.7 Å². The van der Waals surface area contributed by atoms with Crippen molar-refractivity contribution < 1.29 is 9.53 Å². The summed E-state index contributed by atoms with van der Waals surface area (Å²) in [6.07, 6.45) is 3.18. The number of carbonyl (C=O) groups is 1. The Morgan fingerprint density at radius 1 is 1.04 bits per heavy atom. The quantitative estimate of drug-likeness (QED) is 0.517. The summed E-state index contributed by atoms with van der Waals surface area (Å²) < 4.78 is 5.68. The summed E-state index contributed by atoms with van der Waals surface area (Å²) in [5.41, 5.74) is 2.77. The first-order chi connectivity index (χ1) is 13.1. The van der Waals surface area contributed by atoms with Gasteiger partial charge in [-0.15, -0.1) is 0 Å². The van der Waals surface area contributed by atoms with E-state index >= 15 is 0 Å². The third-order valence-corrected chi connectivity index (χ3v) is 3.97. The third kappa shape index (κ3) is 3.54. The van der Waals surface area contributed by atoms with Crippen LogP contribution in [0.3, 0.4) is 0 Å². The first-order valence-corrected chi connectivity index (χ1v) is 8.17. The zero-order valence-electron chi connectivity index (χ0n) is 14.3. The fourth-order valence-electron chi connectivity index (χ4n) is 2.60. The summed E-state index contributed by atoms with van der Waals surface area (Å²) in [5.74, 6) is 0.245. The van der Waals surface area contributed by atoms with Crippen LogP contribution in [0.1, 0.15) is 15.9 Å². The average molecular weight is 361 g/mol. The Morgan fingerprint density at radius 2 is 1.81 bits per heavy atom. The van der Waals surface area contributed by atoms with Crippen molar-refractivity contribution in [1.29, 1.82) is 0 Å². The molecule has 0 aliphatic heterocycles. The summed E-state index contributed by atoms with van der Waals surface area (Å²) in [4.78, 5) is 37.2. The molecule has 3 N–H and O–H groups in total. The van der Waals surface area contributed by atoms with E-state index in [0.717, 1.165) is 5.56 Å². The van der Waals surface area contributed by atoms with Gasteiger partial charge in [0.05, 0.1) is 11.0 Å². The van der Waals surface area contributed by atoms with Crippen molar-refractivity contribution in [2.45, 2.75) is 6.92 Å². The molecule has 0 radical (unpaired) electrons. The Kier molecular flexibility index (Phi) is 4.13. The van der Waals surface area contributed by atoms with Gasteiger partial charge in [-0.1, -0.05) is 6.07 Å². The molecule has 2 aromatic heterocycles. The number of fused-ring (bicyclic) bond motifs is 1. The van der Waals surface area contributed by atoms with Crippen LogP contribution in [-0.4, -0.2) is 25.8 Å². The molecule has 8 nitrogen and oxygen atoms in total. The highest BCUT2D eigenvalue weighted by Crippen LogP contribution is 2.26. The SMILES string of the molecule is Cc1ccc(NC(=O)c2ccc3[nH]c(=O)[nH]c3c2)cc1Oc1ncccn1. The van der Waals surface area contributed by atoms with Gasteiger partial charge in [0.25, 0.3) is 5.91 Å². The van der Waals surface area contributed by atoms with Gasteiger partial charge in [-0.25, -0.2) is 14.8 Å². The minimum absolute atomic E-state index is 0.228. The van der Waals surface area contributed by atoms with Gasteiger partial charge in [-0.3, -0.25) is 4.79 Å². The normalized spacial score (nSPS) is 10.7. The van der Waals surface area contributed by atoms with Crippen LogP contribution in [0.25, 0.3) is 11.0 Å². The number of carbonyl (C=O) groups excluding carboxylic acids is 1. The number of amides is 1. The molecule has 0 aliphatic rings. The monoisotopic (exact) mass is 361 g/mol. The number of aryl methyl sites for hydroxylation is 1.